The molecule has 0 spiro atoms. The summed E-state index contributed by atoms with van der Waals surface area (Å²) in [6.45, 7) is 0. The average Bonchev–Trinajstić information content (AvgIpc) is 3.02. The highest BCUT2D eigenvalue weighted by molar-refractivity contribution is 8.18. The van der Waals surface area contributed by atoms with Gasteiger partial charge in [0.2, 0.25) is 0 Å². The van der Waals surface area contributed by atoms with E-state index in [0.717, 1.165) is 5.56 Å². The molecule has 6 nitrogen and oxygen atoms in total. The third kappa shape index (κ3) is 4.04. The van der Waals surface area contributed by atoms with Crippen LogP contribution in [0, 0.1) is 0 Å². The smallest absolute Gasteiger partial charge is 0.344 e. The van der Waals surface area contributed by atoms with Crippen molar-refractivity contribution in [2.45, 2.75) is 0 Å². The summed E-state index contributed by atoms with van der Waals surface area (Å²) in [5.41, 5.74) is 1.49. The van der Waals surface area contributed by atoms with Gasteiger partial charge in [0, 0.05) is 0 Å². The van der Waals surface area contributed by atoms with Gasteiger partial charge in [0.1, 0.15) is 16.4 Å². The second-order valence-corrected chi connectivity index (χ2v) is 6.72. The van der Waals surface area contributed by atoms with Gasteiger partial charge in [0.25, 0.3) is 0 Å². The number of hydrogen-bond acceptors (Lipinski definition) is 7. The fraction of sp³-hybridized carbons (Fsp3) is 0.143. The molecular formula is C21H19NO5S. The minimum atomic E-state index is -0.643. The van der Waals surface area contributed by atoms with E-state index < -0.39 is 5.97 Å². The van der Waals surface area contributed by atoms with Gasteiger partial charge in [-0.25, -0.2) is 9.79 Å². The monoisotopic (exact) mass is 397 g/mol. The summed E-state index contributed by atoms with van der Waals surface area (Å²) >= 11 is 1.20. The van der Waals surface area contributed by atoms with Crippen molar-refractivity contribution in [3.8, 4) is 11.5 Å². The summed E-state index contributed by atoms with van der Waals surface area (Å²) in [6.07, 6.45) is 1.75. The zero-order valence-electron chi connectivity index (χ0n) is 15.6. The number of esters is 1. The van der Waals surface area contributed by atoms with Crippen molar-refractivity contribution in [3.63, 3.8) is 0 Å². The molecular weight excluding hydrogens is 378 g/mol. The number of rotatable bonds is 5. The molecule has 28 heavy (non-hydrogen) atoms. The molecule has 0 aliphatic carbocycles. The van der Waals surface area contributed by atoms with Crippen LogP contribution < -0.4 is 9.47 Å². The standard InChI is InChI=1S/C21H19NO5S/c1-25-15-10-9-13(11-16(15)26-2)12-17-19(23)18(21(24)27-3)20(28-17)22-14-7-5-4-6-8-14/h4-12,23H,1-3H3. The number of carbonyl (C=O) groups excluding carboxylic acids is 1. The Bertz CT molecular complexity index is 980. The molecule has 1 aliphatic heterocycles. The third-order valence-electron chi connectivity index (χ3n) is 3.97. The summed E-state index contributed by atoms with van der Waals surface area (Å²) < 4.78 is 15.4. The molecule has 1 N–H and O–H groups in total. The van der Waals surface area contributed by atoms with E-state index in [1.165, 1.54) is 18.9 Å². The summed E-state index contributed by atoms with van der Waals surface area (Å²) in [6, 6.07) is 14.6. The fourth-order valence-electron chi connectivity index (χ4n) is 2.60. The van der Waals surface area contributed by atoms with Gasteiger partial charge >= 0.3 is 5.97 Å². The van der Waals surface area contributed by atoms with Crippen LogP contribution in [0.4, 0.5) is 5.69 Å². The van der Waals surface area contributed by atoms with Crippen LogP contribution in [0.2, 0.25) is 0 Å². The largest absolute Gasteiger partial charge is 0.506 e. The molecule has 0 aromatic heterocycles. The Morgan fingerprint density at radius 3 is 2.39 bits per heavy atom. The lowest BCUT2D eigenvalue weighted by molar-refractivity contribution is -0.135. The number of hydrogen-bond donors (Lipinski definition) is 1. The Morgan fingerprint density at radius 1 is 1.04 bits per heavy atom. The molecule has 3 rings (SSSR count). The molecule has 0 saturated heterocycles. The first kappa shape index (κ1) is 19.6. The van der Waals surface area contributed by atoms with Crippen LogP contribution in [-0.2, 0) is 9.53 Å². The number of para-hydroxylation sites is 1. The van der Waals surface area contributed by atoms with Crippen molar-refractivity contribution in [1.29, 1.82) is 0 Å². The second-order valence-electron chi connectivity index (χ2n) is 5.69. The SMILES string of the molecule is COC(=O)C1=C(O)C(=Cc2ccc(OC)c(OC)c2)SC1=Nc1ccccc1. The van der Waals surface area contributed by atoms with Gasteiger partial charge in [-0.2, -0.15) is 0 Å². The van der Waals surface area contributed by atoms with E-state index in [0.29, 0.717) is 27.1 Å². The Hall–Kier alpha value is -3.19. The van der Waals surface area contributed by atoms with Gasteiger partial charge in [0.05, 0.1) is 31.9 Å². The lowest BCUT2D eigenvalue weighted by atomic mass is 10.1. The number of aliphatic hydroxyl groups excluding tert-OH is 1. The van der Waals surface area contributed by atoms with Crippen molar-refractivity contribution in [3.05, 3.63) is 70.3 Å². The lowest BCUT2D eigenvalue weighted by Gasteiger charge is -2.08. The molecule has 1 heterocycles. The van der Waals surface area contributed by atoms with Gasteiger partial charge in [-0.05, 0) is 35.9 Å². The Morgan fingerprint density at radius 2 is 1.75 bits per heavy atom. The number of methoxy groups -OCH3 is 3. The van der Waals surface area contributed by atoms with Gasteiger partial charge in [-0.3, -0.25) is 0 Å². The number of ether oxygens (including phenoxy) is 3. The van der Waals surface area contributed by atoms with E-state index in [1.54, 1.807) is 32.4 Å². The van der Waals surface area contributed by atoms with Gasteiger partial charge in [-0.1, -0.05) is 36.0 Å². The maximum atomic E-state index is 12.2. The van der Waals surface area contributed by atoms with Gasteiger partial charge in [-0.15, -0.1) is 0 Å². The molecule has 0 unspecified atom stereocenters. The van der Waals surface area contributed by atoms with Crippen LogP contribution in [0.25, 0.3) is 6.08 Å². The Balaban J connectivity index is 2.03. The van der Waals surface area contributed by atoms with E-state index in [4.69, 9.17) is 14.2 Å². The van der Waals surface area contributed by atoms with Crippen LogP contribution in [0.3, 0.4) is 0 Å². The summed E-state index contributed by atoms with van der Waals surface area (Å²) in [5, 5.41) is 11.0. The van der Waals surface area contributed by atoms with E-state index >= 15 is 0 Å². The fourth-order valence-corrected chi connectivity index (χ4v) is 3.64. The normalized spacial score (nSPS) is 16.5. The van der Waals surface area contributed by atoms with Crippen LogP contribution >= 0.6 is 11.8 Å². The van der Waals surface area contributed by atoms with Crippen molar-refractivity contribution in [1.82, 2.24) is 0 Å². The summed E-state index contributed by atoms with van der Waals surface area (Å²) in [4.78, 5) is 17.2. The number of aliphatic imine (C=N–C) groups is 1. The van der Waals surface area contributed by atoms with Crippen LogP contribution in [0.5, 0.6) is 11.5 Å². The van der Waals surface area contributed by atoms with E-state index in [9.17, 15) is 9.90 Å². The summed E-state index contributed by atoms with van der Waals surface area (Å²) in [5.74, 6) is 0.358. The van der Waals surface area contributed by atoms with Crippen molar-refractivity contribution < 1.29 is 24.1 Å². The van der Waals surface area contributed by atoms with Gasteiger partial charge in [0.15, 0.2) is 11.5 Å². The zero-order chi connectivity index (χ0) is 20.1. The number of carbonyl (C=O) groups is 1. The lowest BCUT2D eigenvalue weighted by Crippen LogP contribution is -2.10. The zero-order valence-corrected chi connectivity index (χ0v) is 16.4. The predicted octanol–water partition coefficient (Wildman–Crippen LogP) is 4.51. The Labute approximate surface area is 167 Å². The molecule has 144 valence electrons. The molecule has 0 bridgehead atoms. The van der Waals surface area contributed by atoms with E-state index in [1.807, 2.05) is 36.4 Å². The second kappa shape index (κ2) is 8.67. The predicted molar refractivity (Wildman–Crippen MR) is 110 cm³/mol. The highest BCUT2D eigenvalue weighted by Gasteiger charge is 2.33. The first-order valence-electron chi connectivity index (χ1n) is 8.35. The summed E-state index contributed by atoms with van der Waals surface area (Å²) in [7, 11) is 4.38. The number of nitrogens with zero attached hydrogens (tertiary/aromatic N) is 1. The van der Waals surface area contributed by atoms with Crippen molar-refractivity contribution in [2.24, 2.45) is 4.99 Å². The molecule has 0 saturated carbocycles. The molecule has 0 amide bonds. The Kier molecular flexibility index (Phi) is 6.06. The maximum Gasteiger partial charge on any atom is 0.344 e. The van der Waals surface area contributed by atoms with Crippen LogP contribution in [-0.4, -0.2) is 37.4 Å². The first-order valence-corrected chi connectivity index (χ1v) is 9.16. The molecule has 0 radical (unpaired) electrons. The van der Waals surface area contributed by atoms with Crippen molar-refractivity contribution >= 4 is 34.5 Å². The van der Waals surface area contributed by atoms with E-state index in [-0.39, 0.29) is 11.3 Å². The molecule has 0 fully saturated rings. The highest BCUT2D eigenvalue weighted by Crippen LogP contribution is 2.40. The minimum Gasteiger partial charge on any atom is -0.506 e. The molecule has 0 atom stereocenters. The number of thioether (sulfide) groups is 1. The highest BCUT2D eigenvalue weighted by atomic mass is 32.2. The van der Waals surface area contributed by atoms with Gasteiger partial charge < -0.3 is 19.3 Å². The minimum absolute atomic E-state index is 0.0445. The van der Waals surface area contributed by atoms with Crippen LogP contribution in [0.1, 0.15) is 5.56 Å². The quantitative estimate of drug-likeness (QED) is 0.748. The molecule has 2 aromatic carbocycles. The first-order chi connectivity index (χ1) is 13.6. The third-order valence-corrected chi connectivity index (χ3v) is 4.99. The number of aliphatic hydroxyl groups is 1. The molecule has 1 aliphatic rings. The van der Waals surface area contributed by atoms with Crippen molar-refractivity contribution in [2.75, 3.05) is 21.3 Å². The topological polar surface area (TPSA) is 77.4 Å². The molecule has 2 aromatic rings. The maximum absolute atomic E-state index is 12.2. The molecule has 7 heteroatoms. The van der Waals surface area contributed by atoms with Crippen LogP contribution in [0.15, 0.2) is 69.8 Å². The van der Waals surface area contributed by atoms with E-state index in [2.05, 4.69) is 4.99 Å². The average molecular weight is 397 g/mol. The number of benzene rings is 2.